The summed E-state index contributed by atoms with van der Waals surface area (Å²) >= 11 is 0. The molecular weight excluding hydrogens is 411 g/mol. The lowest BCUT2D eigenvalue weighted by Crippen LogP contribution is -2.42. The van der Waals surface area contributed by atoms with E-state index in [1.54, 1.807) is 0 Å². The third-order valence-corrected chi connectivity index (χ3v) is 5.17. The van der Waals surface area contributed by atoms with Crippen LogP contribution in [0, 0.1) is 5.92 Å². The van der Waals surface area contributed by atoms with Gasteiger partial charge in [0.05, 0.1) is 0 Å². The van der Waals surface area contributed by atoms with Gasteiger partial charge in [-0.25, -0.2) is 0 Å². The Morgan fingerprint density at radius 2 is 1.96 bits per heavy atom. The summed E-state index contributed by atoms with van der Waals surface area (Å²) in [4.78, 5) is 9.41. The highest BCUT2D eigenvalue weighted by Gasteiger charge is 2.22. The number of fused-ring (bicyclic) bond motifs is 1. The van der Waals surface area contributed by atoms with E-state index in [4.69, 9.17) is 0 Å². The van der Waals surface area contributed by atoms with Crippen molar-refractivity contribution < 1.29 is 0 Å². The number of hydrogen-bond donors (Lipinski definition) is 1. The lowest BCUT2D eigenvalue weighted by molar-refractivity contribution is 0.191. The number of benzene rings is 1. The number of para-hydroxylation sites is 1. The number of hydrogen-bond acceptors (Lipinski definition) is 2. The Labute approximate surface area is 163 Å². The normalized spacial score (nSPS) is 19.1. The van der Waals surface area contributed by atoms with Crippen LogP contribution in [-0.4, -0.2) is 50.6 Å². The Kier molecular flexibility index (Phi) is 7.81. The SMILES string of the molecule is CN=C(NCCCN1CCC(C)CC1)N1CCc2ccccc21.I. The summed E-state index contributed by atoms with van der Waals surface area (Å²) in [5.74, 6) is 1.93. The first-order chi connectivity index (χ1) is 11.3. The lowest BCUT2D eigenvalue weighted by Gasteiger charge is -2.30. The summed E-state index contributed by atoms with van der Waals surface area (Å²) < 4.78 is 0. The number of piperidine rings is 1. The summed E-state index contributed by atoms with van der Waals surface area (Å²) in [6, 6.07) is 8.66. The Morgan fingerprint density at radius 1 is 1.21 bits per heavy atom. The molecule has 3 rings (SSSR count). The van der Waals surface area contributed by atoms with Gasteiger partial charge in [-0.3, -0.25) is 4.99 Å². The van der Waals surface area contributed by atoms with Crippen molar-refractivity contribution >= 4 is 35.6 Å². The number of nitrogens with zero attached hydrogens (tertiary/aromatic N) is 3. The third-order valence-electron chi connectivity index (χ3n) is 5.17. The second kappa shape index (κ2) is 9.61. The fourth-order valence-electron chi connectivity index (χ4n) is 3.64. The first-order valence-corrected chi connectivity index (χ1v) is 9.06. The van der Waals surface area contributed by atoms with Crippen molar-refractivity contribution in [1.82, 2.24) is 10.2 Å². The Hall–Kier alpha value is -0.820. The van der Waals surface area contributed by atoms with Gasteiger partial charge in [0, 0.05) is 25.8 Å². The molecule has 0 spiro atoms. The summed E-state index contributed by atoms with van der Waals surface area (Å²) in [5.41, 5.74) is 2.74. The van der Waals surface area contributed by atoms with Crippen molar-refractivity contribution in [3.05, 3.63) is 29.8 Å². The van der Waals surface area contributed by atoms with Crippen molar-refractivity contribution in [2.45, 2.75) is 32.6 Å². The van der Waals surface area contributed by atoms with Gasteiger partial charge in [-0.1, -0.05) is 25.1 Å². The van der Waals surface area contributed by atoms with Gasteiger partial charge in [0.1, 0.15) is 0 Å². The standard InChI is InChI=1S/C19H30N4.HI/c1-16-8-13-22(14-9-16)12-5-11-21-19(20-2)23-15-10-17-6-3-4-7-18(17)23;/h3-4,6-7,16H,5,8-15H2,1-2H3,(H,20,21);1H. The van der Waals surface area contributed by atoms with Crippen molar-refractivity contribution in [2.24, 2.45) is 10.9 Å². The number of rotatable bonds is 4. The van der Waals surface area contributed by atoms with Gasteiger partial charge < -0.3 is 15.1 Å². The zero-order valence-corrected chi connectivity index (χ0v) is 17.3. The molecule has 5 heteroatoms. The maximum Gasteiger partial charge on any atom is 0.198 e. The molecule has 0 aliphatic carbocycles. The van der Waals surface area contributed by atoms with E-state index in [1.807, 2.05) is 7.05 Å². The average Bonchev–Trinajstić information content (AvgIpc) is 3.01. The number of nitrogens with one attached hydrogen (secondary N) is 1. The maximum absolute atomic E-state index is 4.48. The minimum atomic E-state index is 0. The third kappa shape index (κ3) is 4.85. The lowest BCUT2D eigenvalue weighted by atomic mass is 9.99. The molecule has 0 amide bonds. The molecule has 0 radical (unpaired) electrons. The van der Waals surface area contributed by atoms with E-state index in [2.05, 4.69) is 51.3 Å². The van der Waals surface area contributed by atoms with Crippen molar-refractivity contribution in [2.75, 3.05) is 44.7 Å². The molecule has 2 aliphatic rings. The van der Waals surface area contributed by atoms with E-state index in [0.717, 1.165) is 31.4 Å². The molecule has 1 aromatic carbocycles. The van der Waals surface area contributed by atoms with E-state index >= 15 is 0 Å². The van der Waals surface area contributed by atoms with E-state index in [1.165, 1.54) is 50.1 Å². The summed E-state index contributed by atoms with van der Waals surface area (Å²) in [6.07, 6.45) is 5.02. The van der Waals surface area contributed by atoms with E-state index in [9.17, 15) is 0 Å². The summed E-state index contributed by atoms with van der Waals surface area (Å²) in [7, 11) is 1.88. The van der Waals surface area contributed by atoms with Crippen molar-refractivity contribution in [1.29, 1.82) is 0 Å². The van der Waals surface area contributed by atoms with Gasteiger partial charge in [0.25, 0.3) is 0 Å². The molecule has 0 atom stereocenters. The predicted octanol–water partition coefficient (Wildman–Crippen LogP) is 3.36. The largest absolute Gasteiger partial charge is 0.356 e. The topological polar surface area (TPSA) is 30.9 Å². The van der Waals surface area contributed by atoms with Gasteiger partial charge in [0.2, 0.25) is 0 Å². The fourth-order valence-corrected chi connectivity index (χ4v) is 3.64. The van der Waals surface area contributed by atoms with Crippen LogP contribution in [0.2, 0.25) is 0 Å². The van der Waals surface area contributed by atoms with Crippen LogP contribution in [0.15, 0.2) is 29.3 Å². The van der Waals surface area contributed by atoms with E-state index < -0.39 is 0 Å². The average molecular weight is 442 g/mol. The molecule has 0 saturated carbocycles. The number of aliphatic imine (C=N–C) groups is 1. The molecule has 1 aromatic rings. The first-order valence-electron chi connectivity index (χ1n) is 9.06. The molecule has 134 valence electrons. The minimum Gasteiger partial charge on any atom is -0.356 e. The number of halogens is 1. The van der Waals surface area contributed by atoms with Gasteiger partial charge in [-0.2, -0.15) is 0 Å². The predicted molar refractivity (Wildman–Crippen MR) is 114 cm³/mol. The molecule has 0 aromatic heterocycles. The zero-order valence-electron chi connectivity index (χ0n) is 15.0. The smallest absolute Gasteiger partial charge is 0.198 e. The summed E-state index contributed by atoms with van der Waals surface area (Å²) in [6.45, 7) is 8.15. The van der Waals surface area contributed by atoms with Gasteiger partial charge >= 0.3 is 0 Å². The van der Waals surface area contributed by atoms with E-state index in [0.29, 0.717) is 0 Å². The molecule has 4 nitrogen and oxygen atoms in total. The van der Waals surface area contributed by atoms with Crippen LogP contribution >= 0.6 is 24.0 Å². The highest BCUT2D eigenvalue weighted by molar-refractivity contribution is 14.0. The van der Waals surface area contributed by atoms with Gasteiger partial charge in [-0.05, 0) is 62.9 Å². The molecule has 0 unspecified atom stereocenters. The van der Waals surface area contributed by atoms with Crippen LogP contribution in [-0.2, 0) is 6.42 Å². The first kappa shape index (κ1) is 19.5. The van der Waals surface area contributed by atoms with Gasteiger partial charge in [0.15, 0.2) is 5.96 Å². The van der Waals surface area contributed by atoms with Crippen LogP contribution in [0.25, 0.3) is 0 Å². The molecule has 24 heavy (non-hydrogen) atoms. The number of anilines is 1. The van der Waals surface area contributed by atoms with Crippen molar-refractivity contribution in [3.63, 3.8) is 0 Å². The zero-order chi connectivity index (χ0) is 16.1. The second-order valence-electron chi connectivity index (χ2n) is 6.88. The fraction of sp³-hybridized carbons (Fsp3) is 0.632. The monoisotopic (exact) mass is 442 g/mol. The molecule has 1 N–H and O–H groups in total. The minimum absolute atomic E-state index is 0. The highest BCUT2D eigenvalue weighted by Crippen LogP contribution is 2.27. The maximum atomic E-state index is 4.48. The van der Waals surface area contributed by atoms with Crippen LogP contribution < -0.4 is 10.2 Å². The summed E-state index contributed by atoms with van der Waals surface area (Å²) in [5, 5.41) is 3.55. The molecule has 0 bridgehead atoms. The van der Waals surface area contributed by atoms with E-state index in [-0.39, 0.29) is 24.0 Å². The van der Waals surface area contributed by atoms with Crippen LogP contribution in [0.5, 0.6) is 0 Å². The van der Waals surface area contributed by atoms with Crippen LogP contribution in [0.4, 0.5) is 5.69 Å². The molecule has 2 aliphatic heterocycles. The Bertz CT molecular complexity index is 538. The van der Waals surface area contributed by atoms with Crippen LogP contribution in [0.3, 0.4) is 0 Å². The second-order valence-corrected chi connectivity index (χ2v) is 6.88. The highest BCUT2D eigenvalue weighted by atomic mass is 127. The van der Waals surface area contributed by atoms with Crippen molar-refractivity contribution in [3.8, 4) is 0 Å². The Balaban J connectivity index is 0.00000208. The quantitative estimate of drug-likeness (QED) is 0.336. The molecule has 1 fully saturated rings. The van der Waals surface area contributed by atoms with Crippen LogP contribution in [0.1, 0.15) is 31.7 Å². The molecular formula is C19H31IN4. The Morgan fingerprint density at radius 3 is 2.71 bits per heavy atom. The molecule has 2 heterocycles. The van der Waals surface area contributed by atoms with Gasteiger partial charge in [-0.15, -0.1) is 24.0 Å². The molecule has 1 saturated heterocycles. The number of likely N-dealkylation sites (tertiary alicyclic amines) is 1. The number of guanidine groups is 1.